The highest BCUT2D eigenvalue weighted by atomic mass is 16.8. The van der Waals surface area contributed by atoms with Gasteiger partial charge in [-0.2, -0.15) is 0 Å². The van der Waals surface area contributed by atoms with E-state index < -0.39 is 336 Å². The van der Waals surface area contributed by atoms with E-state index >= 15 is 0 Å². The lowest BCUT2D eigenvalue weighted by Crippen LogP contribution is -2.97. The zero-order valence-corrected chi connectivity index (χ0v) is 72.4. The van der Waals surface area contributed by atoms with Gasteiger partial charge in [0.25, 0.3) is 0 Å². The first kappa shape index (κ1) is 110. The molecule has 131 heavy (non-hydrogen) atoms. The van der Waals surface area contributed by atoms with E-state index in [0.717, 1.165) is 47.6 Å². The van der Waals surface area contributed by atoms with Crippen molar-refractivity contribution >= 4 is 77.6 Å². The van der Waals surface area contributed by atoms with Crippen LogP contribution >= 0.6 is 0 Å². The van der Waals surface area contributed by atoms with Crippen LogP contribution in [0.4, 0.5) is 0 Å². The van der Waals surface area contributed by atoms with Crippen molar-refractivity contribution in [2.45, 2.75) is 258 Å². The second-order valence-corrected chi connectivity index (χ2v) is 27.1. The minimum Gasteiger partial charge on any atom is -0.485 e. The van der Waals surface area contributed by atoms with Crippen LogP contribution in [0.3, 0.4) is 0 Å². The molecule has 5 rings (SSSR count). The molecule has 3 fully saturated rings. The number of hydrogen-bond acceptors (Lipinski definition) is 47. The summed E-state index contributed by atoms with van der Waals surface area (Å²) in [6.45, 7) is 7.65. The summed E-state index contributed by atoms with van der Waals surface area (Å²) in [7, 11) is 0. The number of aliphatic hydroxyl groups excluding tert-OH is 5. The standard InChI is InChI=1S/C72H94N18O41/c1-16-18-43-50(111-31(4)92)57(116-36(9)97)66(106)123-44(19-23-79-85-73)49(110-30(3)91)56(109-27-17-2)64(104)129-62-63(121-41(14)102)72(130-42(15)103)70(131-71(62,72)29-84-90-78)127-47(22-26-82-88-76)53(114-34(7)95)59(118-38(11)99)67(107)124-45(20-24-80-86-74)51(112-32(5)93)60(119-39(12)100)68(108)128-54-48(28-83-89-77)126-69(61(120-40(13)101)55(54)115-35(8)96)125-46(21-25-81-87-75)52(113-33(6)94)58(65(105)122-43)117-37(10)98/h17,43-48,54-55,61-70,104-108H,2,16,18-29H2,1,3-15H3/b56-49-,57-50+,58-52+,59-53+,60-51-. The molecule has 5 aliphatic rings. The van der Waals surface area contributed by atoms with Crippen LogP contribution in [-0.4, -0.2) is 271 Å². The third kappa shape index (κ3) is 31.8. The van der Waals surface area contributed by atoms with Crippen molar-refractivity contribution in [3.8, 4) is 0 Å². The summed E-state index contributed by atoms with van der Waals surface area (Å²) in [5.41, 5.74) is 52.8. The van der Waals surface area contributed by atoms with Gasteiger partial charge < -0.3 is 134 Å². The second kappa shape index (κ2) is 53.6. The normalized spacial score (nSPS) is 30.1. The molecule has 0 aromatic carbocycles. The van der Waals surface area contributed by atoms with Gasteiger partial charge in [-0.3, -0.25) is 62.3 Å². The molecule has 5 N–H and O–H groups in total. The van der Waals surface area contributed by atoms with Crippen LogP contribution in [0.25, 0.3) is 62.7 Å². The highest BCUT2D eigenvalue weighted by Gasteiger charge is 2.90. The van der Waals surface area contributed by atoms with Gasteiger partial charge in [0.05, 0.1) is 19.2 Å². The van der Waals surface area contributed by atoms with Crippen molar-refractivity contribution in [3.63, 3.8) is 0 Å². The molecular weight excluding hydrogens is 1770 g/mol. The maximum atomic E-state index is 13.8. The third-order valence-electron chi connectivity index (χ3n) is 17.2. The van der Waals surface area contributed by atoms with Crippen molar-refractivity contribution in [2.24, 2.45) is 30.7 Å². The Morgan fingerprint density at radius 3 is 1.03 bits per heavy atom. The molecule has 0 amide bonds. The van der Waals surface area contributed by atoms with Gasteiger partial charge in [0.2, 0.25) is 66.4 Å². The molecule has 4 aliphatic heterocycles. The van der Waals surface area contributed by atoms with E-state index in [9.17, 15) is 121 Å². The molecule has 20 unspecified atom stereocenters. The number of fused-ring (bicyclic) bond motifs is 22. The fraction of sp³-hybridized carbons (Fsp3) is 0.653. The third-order valence-corrected chi connectivity index (χ3v) is 17.2. The predicted molar refractivity (Wildman–Crippen MR) is 416 cm³/mol. The Hall–Kier alpha value is -13.3. The van der Waals surface area contributed by atoms with E-state index in [2.05, 4.69) is 66.7 Å². The molecule has 4 bridgehead atoms. The number of carbonyl (C=O) groups is 13. The maximum Gasteiger partial charge on any atom is 0.308 e. The number of rotatable bonds is 34. The summed E-state index contributed by atoms with van der Waals surface area (Å²) in [6, 6.07) is 0. The van der Waals surface area contributed by atoms with E-state index in [1.54, 1.807) is 0 Å². The lowest BCUT2D eigenvalue weighted by molar-refractivity contribution is -0.523. The molecule has 0 radical (unpaired) electrons. The summed E-state index contributed by atoms with van der Waals surface area (Å²) in [6.07, 6.45) is -49.7. The van der Waals surface area contributed by atoms with Crippen molar-refractivity contribution < 1.29 is 197 Å². The summed E-state index contributed by atoms with van der Waals surface area (Å²) in [4.78, 5) is 193. The first-order valence-electron chi connectivity index (χ1n) is 38.6. The molecular formula is C72H94N18O41. The summed E-state index contributed by atoms with van der Waals surface area (Å²) < 4.78 is 135. The fourth-order valence-electron chi connectivity index (χ4n) is 13.0. The molecule has 59 heteroatoms. The van der Waals surface area contributed by atoms with Crippen LogP contribution < -0.4 is 0 Å². The molecule has 0 aromatic rings. The van der Waals surface area contributed by atoms with Gasteiger partial charge in [0.1, 0.15) is 49.3 Å². The summed E-state index contributed by atoms with van der Waals surface area (Å²) >= 11 is 0. The summed E-state index contributed by atoms with van der Waals surface area (Å²) in [5.74, 6) is -31.5. The van der Waals surface area contributed by atoms with Crippen molar-refractivity contribution in [1.29, 1.82) is 0 Å². The smallest absolute Gasteiger partial charge is 0.308 e. The zero-order chi connectivity index (χ0) is 98.3. The number of esters is 13. The second-order valence-electron chi connectivity index (χ2n) is 27.1. The van der Waals surface area contributed by atoms with E-state index in [-0.39, 0.29) is 6.42 Å². The van der Waals surface area contributed by atoms with Crippen molar-refractivity contribution in [2.75, 3.05) is 45.9 Å². The quantitative estimate of drug-likeness (QED) is 0.0145. The molecule has 2 saturated heterocycles. The van der Waals surface area contributed by atoms with Crippen LogP contribution in [-0.2, 0) is 171 Å². The van der Waals surface area contributed by atoms with Gasteiger partial charge >= 0.3 is 77.6 Å². The van der Waals surface area contributed by atoms with Gasteiger partial charge in [-0.15, -0.1) is 0 Å². The Labute approximate surface area is 739 Å². The number of nitrogens with zero attached hydrogens (tertiary/aromatic N) is 18. The molecule has 4 heterocycles. The Morgan fingerprint density at radius 2 is 0.695 bits per heavy atom. The maximum absolute atomic E-state index is 13.8. The molecule has 0 aromatic heterocycles. The number of ether oxygens (including phenoxy) is 23. The Kier molecular flexibility index (Phi) is 45.0. The van der Waals surface area contributed by atoms with Gasteiger partial charge in [0, 0.05) is 146 Å². The monoisotopic (exact) mass is 1870 g/mol. The van der Waals surface area contributed by atoms with Crippen LogP contribution in [0.5, 0.6) is 0 Å². The molecule has 0 spiro atoms. The van der Waals surface area contributed by atoms with Gasteiger partial charge in [-0.1, -0.05) is 56.7 Å². The Morgan fingerprint density at radius 1 is 0.374 bits per heavy atom. The molecule has 718 valence electrons. The first-order valence-corrected chi connectivity index (χ1v) is 38.6. The van der Waals surface area contributed by atoms with Gasteiger partial charge in [-0.25, -0.2) is 0 Å². The largest absolute Gasteiger partial charge is 0.485 e. The number of carbonyl (C=O) groups excluding carboxylic acids is 13. The highest BCUT2D eigenvalue weighted by molar-refractivity contribution is 5.73. The highest BCUT2D eigenvalue weighted by Crippen LogP contribution is 2.64. The molecule has 59 nitrogen and oxygen atoms in total. The van der Waals surface area contributed by atoms with Gasteiger partial charge in [-0.05, 0) is 65.3 Å². The van der Waals surface area contributed by atoms with Crippen molar-refractivity contribution in [3.05, 3.63) is 133 Å². The number of hydrogen-bond donors (Lipinski definition) is 5. The Bertz CT molecular complexity index is 4700. The molecule has 1 aliphatic carbocycles. The molecule has 1 saturated carbocycles. The summed E-state index contributed by atoms with van der Waals surface area (Å²) in [5, 5.41) is 84.2. The SMILES string of the molecule is C=CCO/C1=C(\OC(C)=O)C(CCN=[N+]=[N-])OC(O)/C(OC(C)=O)=C(\OC(C)=O)C(CCC)OC(O)/C(OC(C)=O)=C(\OC(C)=O)C(CCN=[N+]=[N-])OC2OC(CN=[N+]=[N-])C(OC(O)/C(OC(C)=O)=C(/OC(C)=O)C(CCN=[N+]=[N-])OC(O)/C(OC(C)=O)=C(\OC(C)=O)C(CCN=[N+]=[N-])OC3OC4(CN=[N+]=[N-])C(OC1O)C(OC(C)=O)C34OC(C)=O)C(OC(C)=O)C2OC(C)=O. The van der Waals surface area contributed by atoms with E-state index in [1.807, 2.05) is 0 Å². The minimum absolute atomic E-state index is 0.203. The first-order chi connectivity index (χ1) is 61.9. The average Bonchev–Trinajstić information content (AvgIpc) is 0.641. The molecule has 20 atom stereocenters. The number of azide groups is 6. The minimum atomic E-state index is -3.13. The topological polar surface area (TPSA) is 828 Å². The van der Waals surface area contributed by atoms with Crippen molar-refractivity contribution in [1.82, 2.24) is 0 Å². The zero-order valence-electron chi connectivity index (χ0n) is 72.4. The van der Waals surface area contributed by atoms with Crippen LogP contribution in [0, 0.1) is 0 Å². The van der Waals surface area contributed by atoms with Crippen LogP contribution in [0.2, 0.25) is 0 Å². The fourth-order valence-corrected chi connectivity index (χ4v) is 13.0. The van der Waals surface area contributed by atoms with Crippen LogP contribution in [0.15, 0.2) is 101 Å². The van der Waals surface area contributed by atoms with E-state index in [0.29, 0.717) is 48.5 Å². The van der Waals surface area contributed by atoms with Crippen LogP contribution in [0.1, 0.15) is 135 Å². The lowest BCUT2D eigenvalue weighted by Gasteiger charge is -2.73. The number of aliphatic hydroxyl groups is 5. The van der Waals surface area contributed by atoms with Gasteiger partial charge in [0.15, 0.2) is 64.8 Å². The average molecular weight is 1870 g/mol. The van der Waals surface area contributed by atoms with E-state index in [4.69, 9.17) is 109 Å². The lowest BCUT2D eigenvalue weighted by atomic mass is 9.55. The predicted octanol–water partition coefficient (Wildman–Crippen LogP) is 4.77. The Balaban J connectivity index is 2.56. The van der Waals surface area contributed by atoms with E-state index in [1.165, 1.54) is 6.92 Å².